The van der Waals surface area contributed by atoms with Crippen molar-refractivity contribution in [3.8, 4) is 0 Å². The first kappa shape index (κ1) is 17.6. The summed E-state index contributed by atoms with van der Waals surface area (Å²) in [6.07, 6.45) is 4.54. The minimum Gasteiger partial charge on any atom is -0.389 e. The van der Waals surface area contributed by atoms with Crippen molar-refractivity contribution in [2.75, 3.05) is 0 Å². The van der Waals surface area contributed by atoms with Gasteiger partial charge in [0.15, 0.2) is 5.78 Å². The molecule has 0 spiro atoms. The number of nitrogens with one attached hydrogen (secondary N) is 1. The summed E-state index contributed by atoms with van der Waals surface area (Å²) < 4.78 is 12.9. The van der Waals surface area contributed by atoms with Gasteiger partial charge in [-0.1, -0.05) is 19.3 Å². The summed E-state index contributed by atoms with van der Waals surface area (Å²) in [5, 5.41) is 13.1. The highest BCUT2D eigenvalue weighted by Gasteiger charge is 2.32. The van der Waals surface area contributed by atoms with Crippen LogP contribution in [0, 0.1) is 5.82 Å². The van der Waals surface area contributed by atoms with Crippen molar-refractivity contribution in [2.45, 2.75) is 63.5 Å². The van der Waals surface area contributed by atoms with Crippen molar-refractivity contribution in [1.29, 1.82) is 0 Å². The van der Waals surface area contributed by atoms with Crippen LogP contribution in [0.3, 0.4) is 0 Å². The molecule has 1 aliphatic carbocycles. The molecule has 2 N–H and O–H groups in total. The van der Waals surface area contributed by atoms with E-state index in [1.165, 1.54) is 24.3 Å². The Balaban J connectivity index is 1.81. The van der Waals surface area contributed by atoms with Crippen LogP contribution in [0.15, 0.2) is 24.3 Å². The number of rotatable bonds is 6. The molecule has 126 valence electrons. The Morgan fingerprint density at radius 2 is 1.83 bits per heavy atom. The maximum absolute atomic E-state index is 12.9. The molecule has 2 rings (SSSR count). The van der Waals surface area contributed by atoms with Crippen molar-refractivity contribution in [3.63, 3.8) is 0 Å². The van der Waals surface area contributed by atoms with Gasteiger partial charge in [0.05, 0.1) is 12.0 Å². The Morgan fingerprint density at radius 3 is 2.43 bits per heavy atom. The maximum Gasteiger partial charge on any atom is 0.223 e. The highest BCUT2D eigenvalue weighted by molar-refractivity contribution is 5.96. The average molecular weight is 321 g/mol. The quantitative estimate of drug-likeness (QED) is 0.792. The van der Waals surface area contributed by atoms with Gasteiger partial charge in [-0.2, -0.15) is 0 Å². The van der Waals surface area contributed by atoms with Gasteiger partial charge < -0.3 is 10.4 Å². The molecule has 1 aromatic carbocycles. The molecule has 1 fully saturated rings. The second-order valence-electron chi connectivity index (χ2n) is 6.56. The van der Waals surface area contributed by atoms with Crippen molar-refractivity contribution < 1.29 is 19.1 Å². The van der Waals surface area contributed by atoms with Crippen LogP contribution < -0.4 is 5.32 Å². The number of ketones is 1. The van der Waals surface area contributed by atoms with Gasteiger partial charge in [-0.3, -0.25) is 9.59 Å². The summed E-state index contributed by atoms with van der Waals surface area (Å²) in [6, 6.07) is 5.05. The normalized spacial score (nSPS) is 18.2. The van der Waals surface area contributed by atoms with Crippen molar-refractivity contribution in [1.82, 2.24) is 5.32 Å². The second kappa shape index (κ2) is 7.68. The largest absolute Gasteiger partial charge is 0.389 e. The first-order chi connectivity index (χ1) is 10.9. The van der Waals surface area contributed by atoms with Crippen molar-refractivity contribution in [3.05, 3.63) is 35.6 Å². The molecule has 0 saturated heterocycles. The molecule has 23 heavy (non-hydrogen) atoms. The Hall–Kier alpha value is -1.75. The fourth-order valence-electron chi connectivity index (χ4n) is 3.09. The summed E-state index contributed by atoms with van der Waals surface area (Å²) in [4.78, 5) is 24.1. The third-order valence-electron chi connectivity index (χ3n) is 4.34. The summed E-state index contributed by atoms with van der Waals surface area (Å²) >= 11 is 0. The molecule has 1 atom stereocenters. The Bertz CT molecular complexity index is 550. The maximum atomic E-state index is 12.9. The van der Waals surface area contributed by atoms with Crippen molar-refractivity contribution in [2.24, 2.45) is 0 Å². The number of aliphatic hydroxyl groups is 1. The number of hydrogen-bond donors (Lipinski definition) is 2. The van der Waals surface area contributed by atoms with Gasteiger partial charge in [-0.15, -0.1) is 0 Å². The lowest BCUT2D eigenvalue weighted by Crippen LogP contribution is -2.41. The van der Waals surface area contributed by atoms with Gasteiger partial charge >= 0.3 is 0 Å². The Labute approximate surface area is 136 Å². The molecule has 0 radical (unpaired) electrons. The number of carbonyl (C=O) groups excluding carboxylic acids is 2. The summed E-state index contributed by atoms with van der Waals surface area (Å²) in [5.41, 5.74) is -0.471. The smallest absolute Gasteiger partial charge is 0.223 e. The molecule has 1 saturated carbocycles. The van der Waals surface area contributed by atoms with Crippen LogP contribution in [0.2, 0.25) is 0 Å². The standard InChI is InChI=1S/C18H24FNO3/c1-13(11-16(21)14-5-7-15(19)8-6-14)20-17(22)12-18(23)9-3-2-4-10-18/h5-8,13,23H,2-4,9-12H2,1H3,(H,20,22). The minimum atomic E-state index is -0.900. The average Bonchev–Trinajstić information content (AvgIpc) is 2.47. The zero-order valence-electron chi connectivity index (χ0n) is 13.5. The van der Waals surface area contributed by atoms with E-state index in [1.54, 1.807) is 6.92 Å². The van der Waals surface area contributed by atoms with Gasteiger partial charge in [0.25, 0.3) is 0 Å². The molecule has 0 bridgehead atoms. The molecule has 0 aromatic heterocycles. The molecule has 1 aromatic rings. The van der Waals surface area contributed by atoms with Crippen molar-refractivity contribution >= 4 is 11.7 Å². The number of amides is 1. The number of halogens is 1. The highest BCUT2D eigenvalue weighted by Crippen LogP contribution is 2.30. The van der Waals surface area contributed by atoms with Gasteiger partial charge in [-0.25, -0.2) is 4.39 Å². The number of benzene rings is 1. The van der Waals surface area contributed by atoms with E-state index in [1.807, 2.05) is 0 Å². The Kier molecular flexibility index (Phi) is 5.88. The minimum absolute atomic E-state index is 0.0854. The summed E-state index contributed by atoms with van der Waals surface area (Å²) in [6.45, 7) is 1.75. The van der Waals surface area contributed by atoms with Gasteiger partial charge in [0.2, 0.25) is 5.91 Å². The van der Waals surface area contributed by atoms with Crippen LogP contribution in [0.5, 0.6) is 0 Å². The van der Waals surface area contributed by atoms with E-state index in [4.69, 9.17) is 0 Å². The van der Waals surface area contributed by atoms with Crippen LogP contribution in [-0.4, -0.2) is 28.4 Å². The van der Waals surface area contributed by atoms with E-state index in [-0.39, 0.29) is 36.4 Å². The number of Topliss-reactive ketones (excluding diaryl/α,β-unsaturated/α-hetero) is 1. The van der Waals surface area contributed by atoms with E-state index in [0.717, 1.165) is 19.3 Å². The Morgan fingerprint density at radius 1 is 1.22 bits per heavy atom. The molecule has 0 aliphatic heterocycles. The highest BCUT2D eigenvalue weighted by atomic mass is 19.1. The van der Waals surface area contributed by atoms with Crippen LogP contribution in [0.1, 0.15) is 62.2 Å². The van der Waals surface area contributed by atoms with Gasteiger partial charge in [-0.05, 0) is 44.0 Å². The third-order valence-corrected chi connectivity index (χ3v) is 4.34. The van der Waals surface area contributed by atoms with Gasteiger partial charge in [0, 0.05) is 18.0 Å². The fraction of sp³-hybridized carbons (Fsp3) is 0.556. The molecule has 4 nitrogen and oxygen atoms in total. The third kappa shape index (κ3) is 5.43. The van der Waals surface area contributed by atoms with E-state index < -0.39 is 5.60 Å². The van der Waals surface area contributed by atoms with Crippen LogP contribution in [0.4, 0.5) is 4.39 Å². The number of carbonyl (C=O) groups is 2. The second-order valence-corrected chi connectivity index (χ2v) is 6.56. The molecular formula is C18H24FNO3. The molecule has 5 heteroatoms. The topological polar surface area (TPSA) is 66.4 Å². The zero-order valence-corrected chi connectivity index (χ0v) is 13.5. The lowest BCUT2D eigenvalue weighted by Gasteiger charge is -2.31. The molecule has 0 heterocycles. The van der Waals surface area contributed by atoms with E-state index >= 15 is 0 Å². The first-order valence-electron chi connectivity index (χ1n) is 8.18. The molecule has 1 aliphatic rings. The summed E-state index contributed by atoms with van der Waals surface area (Å²) in [5.74, 6) is -0.758. The van der Waals surface area contributed by atoms with Crippen LogP contribution in [-0.2, 0) is 4.79 Å². The predicted octanol–water partition coefficient (Wildman–Crippen LogP) is 2.99. The SMILES string of the molecule is CC(CC(=O)c1ccc(F)cc1)NC(=O)CC1(O)CCCCC1. The molecular weight excluding hydrogens is 297 g/mol. The van der Waals surface area contributed by atoms with E-state index in [2.05, 4.69) is 5.32 Å². The lowest BCUT2D eigenvalue weighted by atomic mass is 9.82. The zero-order chi connectivity index (χ0) is 16.9. The van der Waals surface area contributed by atoms with Crippen LogP contribution in [0.25, 0.3) is 0 Å². The number of hydrogen-bond acceptors (Lipinski definition) is 3. The summed E-state index contributed by atoms with van der Waals surface area (Å²) in [7, 11) is 0. The predicted molar refractivity (Wildman–Crippen MR) is 85.6 cm³/mol. The lowest BCUT2D eigenvalue weighted by molar-refractivity contribution is -0.128. The van der Waals surface area contributed by atoms with E-state index in [9.17, 15) is 19.1 Å². The monoisotopic (exact) mass is 321 g/mol. The van der Waals surface area contributed by atoms with E-state index in [0.29, 0.717) is 18.4 Å². The van der Waals surface area contributed by atoms with Gasteiger partial charge in [0.1, 0.15) is 5.82 Å². The fourth-order valence-corrected chi connectivity index (χ4v) is 3.09. The molecule has 1 amide bonds. The molecule has 1 unspecified atom stereocenters. The van der Waals surface area contributed by atoms with Crippen LogP contribution >= 0.6 is 0 Å². The first-order valence-corrected chi connectivity index (χ1v) is 8.18.